The first-order valence-electron chi connectivity index (χ1n) is 6.77. The van der Waals surface area contributed by atoms with Crippen molar-refractivity contribution in [1.29, 1.82) is 0 Å². The van der Waals surface area contributed by atoms with Gasteiger partial charge in [-0.05, 0) is 33.8 Å². The van der Waals surface area contributed by atoms with E-state index in [4.69, 9.17) is 10.5 Å². The van der Waals surface area contributed by atoms with Crippen LogP contribution in [0.1, 0.15) is 33.3 Å². The number of hydrogen-bond acceptors (Lipinski definition) is 3. The highest BCUT2D eigenvalue weighted by Crippen LogP contribution is 2.33. The second kappa shape index (κ2) is 4.97. The van der Waals surface area contributed by atoms with E-state index in [1.807, 2.05) is 32.6 Å². The van der Waals surface area contributed by atoms with Crippen LogP contribution in [0, 0.1) is 11.6 Å². The van der Waals surface area contributed by atoms with Crippen molar-refractivity contribution in [3.63, 3.8) is 0 Å². The third-order valence-corrected chi connectivity index (χ3v) is 3.40. The smallest absolute Gasteiger partial charge is 0.182 e. The van der Waals surface area contributed by atoms with E-state index in [0.717, 1.165) is 0 Å². The molecule has 1 aromatic rings. The summed E-state index contributed by atoms with van der Waals surface area (Å²) in [6.45, 7) is 8.80. The maximum absolute atomic E-state index is 14.2. The second-order valence-electron chi connectivity index (χ2n) is 6.55. The summed E-state index contributed by atoms with van der Waals surface area (Å²) in [5.41, 5.74) is 5.02. The van der Waals surface area contributed by atoms with Crippen molar-refractivity contribution in [2.75, 3.05) is 18.0 Å². The molecule has 0 saturated carbocycles. The molecule has 1 heterocycles. The molecule has 1 aliphatic rings. The molecule has 1 saturated heterocycles. The van der Waals surface area contributed by atoms with E-state index in [2.05, 4.69) is 0 Å². The monoisotopic (exact) mass is 284 g/mol. The molecule has 1 aromatic carbocycles. The van der Waals surface area contributed by atoms with Crippen LogP contribution < -0.4 is 10.6 Å². The summed E-state index contributed by atoms with van der Waals surface area (Å²) >= 11 is 0. The highest BCUT2D eigenvalue weighted by atomic mass is 19.2. The minimum atomic E-state index is -0.855. The first-order chi connectivity index (χ1) is 9.15. The van der Waals surface area contributed by atoms with Crippen molar-refractivity contribution in [3.8, 4) is 0 Å². The molecule has 1 fully saturated rings. The Kier molecular flexibility index (Phi) is 3.77. The lowest BCUT2D eigenvalue weighted by atomic mass is 9.98. The van der Waals surface area contributed by atoms with Gasteiger partial charge in [-0.3, -0.25) is 0 Å². The Morgan fingerprint density at radius 1 is 1.10 bits per heavy atom. The fourth-order valence-electron chi connectivity index (χ4n) is 2.94. The zero-order valence-corrected chi connectivity index (χ0v) is 12.5. The number of ether oxygens (including phenoxy) is 1. The zero-order valence-electron chi connectivity index (χ0n) is 12.5. The standard InChI is InChI=1S/C15H22F2N2O/c1-14(2)8-19(9-15(3,4)20-14)11-6-5-10(7-18)12(16)13(11)17/h5-6H,7-9,18H2,1-4H3. The van der Waals surface area contributed by atoms with Gasteiger partial charge in [0.25, 0.3) is 0 Å². The van der Waals surface area contributed by atoms with Gasteiger partial charge in [0.05, 0.1) is 16.9 Å². The Hall–Kier alpha value is -1.20. The van der Waals surface area contributed by atoms with E-state index in [1.54, 1.807) is 12.1 Å². The molecule has 0 unspecified atom stereocenters. The van der Waals surface area contributed by atoms with Crippen molar-refractivity contribution >= 4 is 5.69 Å². The number of halogens is 2. The molecule has 0 aliphatic carbocycles. The van der Waals surface area contributed by atoms with Crippen molar-refractivity contribution in [2.45, 2.75) is 45.4 Å². The van der Waals surface area contributed by atoms with Crippen LogP contribution >= 0.6 is 0 Å². The van der Waals surface area contributed by atoms with E-state index in [9.17, 15) is 8.78 Å². The molecule has 0 spiro atoms. The van der Waals surface area contributed by atoms with Gasteiger partial charge in [-0.2, -0.15) is 0 Å². The maximum Gasteiger partial charge on any atom is 0.182 e. The molecule has 2 rings (SSSR count). The van der Waals surface area contributed by atoms with Gasteiger partial charge in [0.2, 0.25) is 0 Å². The average Bonchev–Trinajstić information content (AvgIpc) is 2.28. The molecule has 5 heteroatoms. The predicted molar refractivity (Wildman–Crippen MR) is 75.7 cm³/mol. The molecular weight excluding hydrogens is 262 g/mol. The van der Waals surface area contributed by atoms with Crippen LogP contribution in [0.2, 0.25) is 0 Å². The van der Waals surface area contributed by atoms with Crippen molar-refractivity contribution in [3.05, 3.63) is 29.3 Å². The number of hydrogen-bond donors (Lipinski definition) is 1. The lowest BCUT2D eigenvalue weighted by Crippen LogP contribution is -2.57. The van der Waals surface area contributed by atoms with Gasteiger partial charge in [0, 0.05) is 25.2 Å². The normalized spacial score (nSPS) is 21.1. The molecule has 3 nitrogen and oxygen atoms in total. The van der Waals surface area contributed by atoms with E-state index >= 15 is 0 Å². The number of rotatable bonds is 2. The Labute approximate surface area is 118 Å². The Bertz CT molecular complexity index is 499. The van der Waals surface area contributed by atoms with Crippen LogP contribution in [-0.2, 0) is 11.3 Å². The third-order valence-electron chi connectivity index (χ3n) is 3.40. The summed E-state index contributed by atoms with van der Waals surface area (Å²) in [4.78, 5) is 1.84. The summed E-state index contributed by atoms with van der Waals surface area (Å²) in [6, 6.07) is 3.14. The van der Waals surface area contributed by atoms with Crippen LogP contribution in [0.25, 0.3) is 0 Å². The summed E-state index contributed by atoms with van der Waals surface area (Å²) in [5, 5.41) is 0. The molecule has 112 valence electrons. The van der Waals surface area contributed by atoms with Crippen LogP contribution in [0.4, 0.5) is 14.5 Å². The Morgan fingerprint density at radius 2 is 1.65 bits per heavy atom. The predicted octanol–water partition coefficient (Wildman–Crippen LogP) is 2.82. The van der Waals surface area contributed by atoms with Crippen LogP contribution in [0.3, 0.4) is 0 Å². The highest BCUT2D eigenvalue weighted by molar-refractivity contribution is 5.51. The number of benzene rings is 1. The summed E-state index contributed by atoms with van der Waals surface area (Å²) in [7, 11) is 0. The van der Waals surface area contributed by atoms with E-state index in [-0.39, 0.29) is 17.8 Å². The number of morpholine rings is 1. The molecule has 0 bridgehead atoms. The lowest BCUT2D eigenvalue weighted by Gasteiger charge is -2.48. The minimum absolute atomic E-state index is 0.0108. The molecule has 1 aliphatic heterocycles. The van der Waals surface area contributed by atoms with Gasteiger partial charge in [-0.15, -0.1) is 0 Å². The summed E-state index contributed by atoms with van der Waals surface area (Å²) in [5.74, 6) is -1.69. The molecule has 0 aromatic heterocycles. The van der Waals surface area contributed by atoms with Crippen molar-refractivity contribution in [2.24, 2.45) is 5.73 Å². The van der Waals surface area contributed by atoms with Crippen LogP contribution in [0.5, 0.6) is 0 Å². The second-order valence-corrected chi connectivity index (χ2v) is 6.55. The Balaban J connectivity index is 2.39. The average molecular weight is 284 g/mol. The quantitative estimate of drug-likeness (QED) is 0.907. The minimum Gasteiger partial charge on any atom is -0.366 e. The van der Waals surface area contributed by atoms with Gasteiger partial charge in [-0.1, -0.05) is 6.07 Å². The van der Waals surface area contributed by atoms with Gasteiger partial charge in [-0.25, -0.2) is 8.78 Å². The fraction of sp³-hybridized carbons (Fsp3) is 0.600. The molecular formula is C15H22F2N2O. The maximum atomic E-state index is 14.2. The van der Waals surface area contributed by atoms with Crippen molar-refractivity contribution in [1.82, 2.24) is 0 Å². The largest absolute Gasteiger partial charge is 0.366 e. The van der Waals surface area contributed by atoms with Gasteiger partial charge in [0.15, 0.2) is 11.6 Å². The number of nitrogens with zero attached hydrogens (tertiary/aromatic N) is 1. The first-order valence-corrected chi connectivity index (χ1v) is 6.77. The molecule has 20 heavy (non-hydrogen) atoms. The highest BCUT2D eigenvalue weighted by Gasteiger charge is 2.39. The van der Waals surface area contributed by atoms with Crippen molar-refractivity contribution < 1.29 is 13.5 Å². The molecule has 0 amide bonds. The molecule has 2 N–H and O–H groups in total. The SMILES string of the molecule is CC1(C)CN(c2ccc(CN)c(F)c2F)CC(C)(C)O1. The molecule has 0 radical (unpaired) electrons. The van der Waals surface area contributed by atoms with Gasteiger partial charge < -0.3 is 15.4 Å². The van der Waals surface area contributed by atoms with E-state index in [1.165, 1.54) is 0 Å². The summed E-state index contributed by atoms with van der Waals surface area (Å²) in [6.07, 6.45) is 0. The Morgan fingerprint density at radius 3 is 2.15 bits per heavy atom. The van der Waals surface area contributed by atoms with Gasteiger partial charge in [0.1, 0.15) is 0 Å². The third kappa shape index (κ3) is 2.94. The van der Waals surface area contributed by atoms with Crippen LogP contribution in [-0.4, -0.2) is 24.3 Å². The molecule has 0 atom stereocenters. The van der Waals surface area contributed by atoms with E-state index < -0.39 is 22.8 Å². The summed E-state index contributed by atoms with van der Waals surface area (Å²) < 4.78 is 34.1. The van der Waals surface area contributed by atoms with Gasteiger partial charge >= 0.3 is 0 Å². The lowest BCUT2D eigenvalue weighted by molar-refractivity contribution is -0.133. The van der Waals surface area contributed by atoms with E-state index in [0.29, 0.717) is 13.1 Å². The number of nitrogens with two attached hydrogens (primary N) is 1. The van der Waals surface area contributed by atoms with Crippen LogP contribution in [0.15, 0.2) is 12.1 Å². The first kappa shape index (κ1) is 15.2. The fourth-order valence-corrected chi connectivity index (χ4v) is 2.94. The zero-order chi connectivity index (χ0) is 15.1. The topological polar surface area (TPSA) is 38.5 Å². The number of anilines is 1.